The molecule has 6 heteroatoms. The zero-order valence-corrected chi connectivity index (χ0v) is 17.2. The summed E-state index contributed by atoms with van der Waals surface area (Å²) in [5, 5.41) is 6.12. The molecule has 29 heavy (non-hydrogen) atoms. The highest BCUT2D eigenvalue weighted by atomic mass is 16.5. The van der Waals surface area contributed by atoms with E-state index in [1.807, 2.05) is 26.0 Å². The van der Waals surface area contributed by atoms with Crippen LogP contribution in [0.15, 0.2) is 54.6 Å². The van der Waals surface area contributed by atoms with Gasteiger partial charge in [0.2, 0.25) is 0 Å². The van der Waals surface area contributed by atoms with E-state index in [2.05, 4.69) is 51.8 Å². The molecular formula is C23H26N4O2. The predicted molar refractivity (Wildman–Crippen MR) is 115 cm³/mol. The van der Waals surface area contributed by atoms with Crippen molar-refractivity contribution in [3.63, 3.8) is 0 Å². The Bertz CT molecular complexity index is 967. The van der Waals surface area contributed by atoms with Crippen LogP contribution >= 0.6 is 0 Å². The molecule has 0 radical (unpaired) electrons. The molecule has 0 spiro atoms. The Morgan fingerprint density at radius 1 is 1.00 bits per heavy atom. The maximum Gasteiger partial charge on any atom is 0.274 e. The molecule has 1 heterocycles. The highest BCUT2D eigenvalue weighted by Crippen LogP contribution is 2.18. The number of ether oxygens (including phenoxy) is 1. The monoisotopic (exact) mass is 390 g/mol. The van der Waals surface area contributed by atoms with Crippen molar-refractivity contribution in [1.29, 1.82) is 0 Å². The number of nitrogens with zero attached hydrogens (tertiary/aromatic N) is 2. The van der Waals surface area contributed by atoms with Crippen molar-refractivity contribution in [2.24, 2.45) is 0 Å². The highest BCUT2D eigenvalue weighted by molar-refractivity contribution is 6.03. The van der Waals surface area contributed by atoms with Crippen LogP contribution in [0, 0.1) is 13.8 Å². The van der Waals surface area contributed by atoms with Crippen molar-refractivity contribution in [2.75, 3.05) is 10.6 Å². The zero-order valence-electron chi connectivity index (χ0n) is 17.2. The first-order valence-electron chi connectivity index (χ1n) is 9.62. The first kappa shape index (κ1) is 20.3. The summed E-state index contributed by atoms with van der Waals surface area (Å²) in [6.07, 6.45) is 0.102. The van der Waals surface area contributed by atoms with Gasteiger partial charge < -0.3 is 15.4 Å². The maximum absolute atomic E-state index is 12.6. The van der Waals surface area contributed by atoms with E-state index in [4.69, 9.17) is 4.74 Å². The Morgan fingerprint density at radius 3 is 2.34 bits per heavy atom. The van der Waals surface area contributed by atoms with Crippen LogP contribution in [0.5, 0.6) is 5.75 Å². The Labute approximate surface area is 171 Å². The third-order valence-electron chi connectivity index (χ3n) is 4.15. The van der Waals surface area contributed by atoms with Gasteiger partial charge in [-0.05, 0) is 57.5 Å². The topological polar surface area (TPSA) is 76.1 Å². The van der Waals surface area contributed by atoms with Crippen molar-refractivity contribution in [1.82, 2.24) is 9.97 Å². The van der Waals surface area contributed by atoms with Gasteiger partial charge >= 0.3 is 0 Å². The van der Waals surface area contributed by atoms with Crippen molar-refractivity contribution in [3.05, 3.63) is 77.2 Å². The average Bonchev–Trinajstić information content (AvgIpc) is 2.68. The summed E-state index contributed by atoms with van der Waals surface area (Å²) in [5.41, 5.74) is 3.35. The lowest BCUT2D eigenvalue weighted by Gasteiger charge is -2.11. The van der Waals surface area contributed by atoms with Gasteiger partial charge in [-0.25, -0.2) is 9.97 Å². The lowest BCUT2D eigenvalue weighted by molar-refractivity contribution is 0.102. The molecule has 0 unspecified atom stereocenters. The van der Waals surface area contributed by atoms with Crippen LogP contribution in [-0.4, -0.2) is 22.0 Å². The van der Waals surface area contributed by atoms with E-state index < -0.39 is 0 Å². The van der Waals surface area contributed by atoms with E-state index in [1.54, 1.807) is 25.1 Å². The minimum absolute atomic E-state index is 0.102. The lowest BCUT2D eigenvalue weighted by Crippen LogP contribution is -2.16. The highest BCUT2D eigenvalue weighted by Gasteiger charge is 2.11. The van der Waals surface area contributed by atoms with Gasteiger partial charge in [0.15, 0.2) is 0 Å². The molecule has 3 rings (SSSR count). The lowest BCUT2D eigenvalue weighted by atomic mass is 10.1. The molecule has 1 aromatic heterocycles. The molecule has 0 aliphatic heterocycles. The van der Waals surface area contributed by atoms with Crippen LogP contribution in [0.3, 0.4) is 0 Å². The number of hydrogen-bond acceptors (Lipinski definition) is 5. The fourth-order valence-corrected chi connectivity index (χ4v) is 2.76. The van der Waals surface area contributed by atoms with Crippen LogP contribution in [-0.2, 0) is 6.54 Å². The van der Waals surface area contributed by atoms with Crippen LogP contribution < -0.4 is 15.4 Å². The van der Waals surface area contributed by atoms with Gasteiger partial charge in [-0.15, -0.1) is 0 Å². The van der Waals surface area contributed by atoms with Gasteiger partial charge in [0.25, 0.3) is 5.91 Å². The van der Waals surface area contributed by atoms with E-state index in [0.717, 1.165) is 11.3 Å². The smallest absolute Gasteiger partial charge is 0.274 e. The van der Waals surface area contributed by atoms with Gasteiger partial charge in [-0.1, -0.05) is 29.8 Å². The third kappa shape index (κ3) is 6.04. The molecule has 0 atom stereocenters. The second-order valence-electron chi connectivity index (χ2n) is 7.17. The first-order valence-corrected chi connectivity index (χ1v) is 9.62. The molecule has 0 aliphatic rings. The summed E-state index contributed by atoms with van der Waals surface area (Å²) >= 11 is 0. The summed E-state index contributed by atoms with van der Waals surface area (Å²) < 4.78 is 5.62. The third-order valence-corrected chi connectivity index (χ3v) is 4.15. The molecule has 6 nitrogen and oxygen atoms in total. The SMILES string of the molecule is Cc1ccc(CNc2cc(C(=O)Nc3ccc(OC(C)C)cc3)nc(C)n2)cc1. The molecule has 150 valence electrons. The number of carbonyl (C=O) groups excluding carboxylic acids is 1. The Hall–Kier alpha value is -3.41. The van der Waals surface area contributed by atoms with Crippen molar-refractivity contribution in [3.8, 4) is 5.75 Å². The standard InChI is InChI=1S/C23H26N4O2/c1-15(2)29-20-11-9-19(10-12-20)27-23(28)21-13-22(26-17(4)25-21)24-14-18-7-5-16(3)6-8-18/h5-13,15H,14H2,1-4H3,(H,27,28)(H,24,25,26). The molecular weight excluding hydrogens is 364 g/mol. The Kier molecular flexibility index (Phi) is 6.44. The normalized spacial score (nSPS) is 10.7. The van der Waals surface area contributed by atoms with Crippen LogP contribution in [0.2, 0.25) is 0 Å². The summed E-state index contributed by atoms with van der Waals surface area (Å²) in [6, 6.07) is 17.2. The van der Waals surface area contributed by atoms with E-state index >= 15 is 0 Å². The summed E-state index contributed by atoms with van der Waals surface area (Å²) in [4.78, 5) is 21.3. The number of rotatable bonds is 7. The molecule has 2 N–H and O–H groups in total. The number of anilines is 2. The minimum Gasteiger partial charge on any atom is -0.491 e. The fourth-order valence-electron chi connectivity index (χ4n) is 2.76. The number of aromatic nitrogens is 2. The van der Waals surface area contributed by atoms with E-state index in [1.165, 1.54) is 5.56 Å². The number of hydrogen-bond donors (Lipinski definition) is 2. The summed E-state index contributed by atoms with van der Waals surface area (Å²) in [6.45, 7) is 8.39. The number of aryl methyl sites for hydroxylation is 2. The number of carbonyl (C=O) groups is 1. The fraction of sp³-hybridized carbons (Fsp3) is 0.261. The van der Waals surface area contributed by atoms with Crippen LogP contribution in [0.1, 0.15) is 41.3 Å². The molecule has 0 saturated carbocycles. The zero-order chi connectivity index (χ0) is 20.8. The number of amides is 1. The van der Waals surface area contributed by atoms with Crippen molar-refractivity contribution < 1.29 is 9.53 Å². The molecule has 0 saturated heterocycles. The second kappa shape index (κ2) is 9.19. The van der Waals surface area contributed by atoms with Crippen molar-refractivity contribution >= 4 is 17.4 Å². The van der Waals surface area contributed by atoms with Gasteiger partial charge in [0.1, 0.15) is 23.1 Å². The van der Waals surface area contributed by atoms with E-state index in [0.29, 0.717) is 29.6 Å². The second-order valence-corrected chi connectivity index (χ2v) is 7.17. The van der Waals surface area contributed by atoms with Gasteiger partial charge in [-0.3, -0.25) is 4.79 Å². The van der Waals surface area contributed by atoms with Gasteiger partial charge in [-0.2, -0.15) is 0 Å². The van der Waals surface area contributed by atoms with Crippen molar-refractivity contribution in [2.45, 2.75) is 40.3 Å². The molecule has 0 fully saturated rings. The molecule has 2 aromatic carbocycles. The van der Waals surface area contributed by atoms with E-state index in [-0.39, 0.29) is 12.0 Å². The first-order chi connectivity index (χ1) is 13.9. The molecule has 0 bridgehead atoms. The quantitative estimate of drug-likeness (QED) is 0.609. The number of benzene rings is 2. The van der Waals surface area contributed by atoms with Crippen LogP contribution in [0.4, 0.5) is 11.5 Å². The largest absolute Gasteiger partial charge is 0.491 e. The van der Waals surface area contributed by atoms with Crippen LogP contribution in [0.25, 0.3) is 0 Å². The average molecular weight is 390 g/mol. The number of nitrogens with one attached hydrogen (secondary N) is 2. The van der Waals surface area contributed by atoms with Gasteiger partial charge in [0, 0.05) is 18.3 Å². The summed E-state index contributed by atoms with van der Waals surface area (Å²) in [5.74, 6) is 1.62. The molecule has 0 aliphatic carbocycles. The molecule has 3 aromatic rings. The summed E-state index contributed by atoms with van der Waals surface area (Å²) in [7, 11) is 0. The van der Waals surface area contributed by atoms with E-state index in [9.17, 15) is 4.79 Å². The predicted octanol–water partition coefficient (Wildman–Crippen LogP) is 4.75. The van der Waals surface area contributed by atoms with Gasteiger partial charge in [0.05, 0.1) is 6.10 Å². The Balaban J connectivity index is 1.66. The minimum atomic E-state index is -0.286. The maximum atomic E-state index is 12.6. The molecule has 1 amide bonds. The Morgan fingerprint density at radius 2 is 1.69 bits per heavy atom.